The Kier molecular flexibility index (Phi) is 7.35. The van der Waals surface area contributed by atoms with E-state index in [1.54, 1.807) is 0 Å². The topological polar surface area (TPSA) is 46.2 Å². The van der Waals surface area contributed by atoms with Gasteiger partial charge in [-0.15, -0.1) is 0 Å². The molecule has 24 heavy (non-hydrogen) atoms. The van der Waals surface area contributed by atoms with Gasteiger partial charge in [0, 0.05) is 31.3 Å². The third kappa shape index (κ3) is 5.95. The molecule has 2 unspecified atom stereocenters. The molecule has 0 aliphatic carbocycles. The van der Waals surface area contributed by atoms with Crippen LogP contribution >= 0.6 is 0 Å². The highest BCUT2D eigenvalue weighted by Crippen LogP contribution is 2.27. The van der Waals surface area contributed by atoms with Crippen LogP contribution in [0.15, 0.2) is 0 Å². The van der Waals surface area contributed by atoms with E-state index >= 15 is 0 Å². The second kappa shape index (κ2) is 9.48. The highest BCUT2D eigenvalue weighted by atomic mass is 16.7. The first kappa shape index (κ1) is 18.6. The molecule has 2 atom stereocenters. The Hall–Kier alpha value is -0.200. The maximum absolute atomic E-state index is 5.90. The summed E-state index contributed by atoms with van der Waals surface area (Å²) < 4.78 is 28.9. The van der Waals surface area contributed by atoms with Crippen molar-refractivity contribution in [2.24, 2.45) is 17.8 Å². The lowest BCUT2D eigenvalue weighted by atomic mass is 9.91. The van der Waals surface area contributed by atoms with Gasteiger partial charge in [0.2, 0.25) is 0 Å². The van der Waals surface area contributed by atoms with Gasteiger partial charge in [-0.25, -0.2) is 0 Å². The number of ether oxygens (including phenoxy) is 5. The summed E-state index contributed by atoms with van der Waals surface area (Å²) in [5.74, 6) is 1.76. The van der Waals surface area contributed by atoms with Gasteiger partial charge in [0.1, 0.15) is 0 Å². The molecule has 3 aliphatic heterocycles. The SMILES string of the molecule is CC1COC(CCC2OCC(CCC3CCC(C)OC3)CO2)OC1. The van der Waals surface area contributed by atoms with Crippen molar-refractivity contribution in [1.29, 1.82) is 0 Å². The molecule has 0 amide bonds. The van der Waals surface area contributed by atoms with Crippen LogP contribution in [-0.4, -0.2) is 51.7 Å². The van der Waals surface area contributed by atoms with Gasteiger partial charge >= 0.3 is 0 Å². The first-order valence-corrected chi connectivity index (χ1v) is 9.77. The summed E-state index contributed by atoms with van der Waals surface area (Å²) in [5, 5.41) is 0. The van der Waals surface area contributed by atoms with Gasteiger partial charge < -0.3 is 23.7 Å². The molecule has 0 aromatic heterocycles. The van der Waals surface area contributed by atoms with Crippen molar-refractivity contribution in [2.75, 3.05) is 33.0 Å². The molecule has 0 saturated carbocycles. The monoisotopic (exact) mass is 342 g/mol. The lowest BCUT2D eigenvalue weighted by Crippen LogP contribution is -2.35. The lowest BCUT2D eigenvalue weighted by molar-refractivity contribution is -0.229. The standard InChI is InChI=1S/C19H34O5/c1-14-9-21-18(22-10-14)7-8-19-23-12-17(13-24-19)6-5-16-4-3-15(2)20-11-16/h14-19H,3-13H2,1-2H3. The minimum Gasteiger partial charge on any atom is -0.378 e. The molecule has 3 rings (SSSR count). The van der Waals surface area contributed by atoms with Gasteiger partial charge in [0.25, 0.3) is 0 Å². The third-order valence-electron chi connectivity index (χ3n) is 5.39. The van der Waals surface area contributed by atoms with Crippen molar-refractivity contribution in [3.8, 4) is 0 Å². The molecule has 5 nitrogen and oxygen atoms in total. The van der Waals surface area contributed by atoms with E-state index in [1.165, 1.54) is 25.7 Å². The predicted molar refractivity (Wildman–Crippen MR) is 90.6 cm³/mol. The summed E-state index contributed by atoms with van der Waals surface area (Å²) in [6.07, 6.45) is 6.89. The first-order chi connectivity index (χ1) is 11.7. The Bertz CT molecular complexity index is 306. The fourth-order valence-corrected chi connectivity index (χ4v) is 3.63. The van der Waals surface area contributed by atoms with Gasteiger partial charge in [-0.2, -0.15) is 0 Å². The zero-order valence-corrected chi connectivity index (χ0v) is 15.3. The first-order valence-electron chi connectivity index (χ1n) is 9.77. The predicted octanol–water partition coefficient (Wildman–Crippen LogP) is 3.36. The average Bonchev–Trinajstić information content (AvgIpc) is 2.62. The molecule has 0 aromatic carbocycles. The molecule has 0 spiro atoms. The van der Waals surface area contributed by atoms with E-state index in [9.17, 15) is 0 Å². The van der Waals surface area contributed by atoms with Crippen LogP contribution in [0.5, 0.6) is 0 Å². The molecule has 0 N–H and O–H groups in total. The highest BCUT2D eigenvalue weighted by molar-refractivity contribution is 4.71. The zero-order chi connectivity index (χ0) is 16.8. The average molecular weight is 342 g/mol. The second-order valence-electron chi connectivity index (χ2n) is 7.91. The smallest absolute Gasteiger partial charge is 0.157 e. The Morgan fingerprint density at radius 3 is 1.71 bits per heavy atom. The normalized spacial score (nSPS) is 41.2. The second-order valence-corrected chi connectivity index (χ2v) is 7.91. The molecular weight excluding hydrogens is 308 g/mol. The van der Waals surface area contributed by atoms with Crippen LogP contribution in [-0.2, 0) is 23.7 Å². The summed E-state index contributed by atoms with van der Waals surface area (Å²) in [6.45, 7) is 8.47. The molecule has 0 bridgehead atoms. The lowest BCUT2D eigenvalue weighted by Gasteiger charge is -2.33. The molecule has 3 saturated heterocycles. The van der Waals surface area contributed by atoms with Gasteiger partial charge in [-0.1, -0.05) is 6.92 Å². The summed E-state index contributed by atoms with van der Waals surface area (Å²) in [5.41, 5.74) is 0. The Morgan fingerprint density at radius 1 is 0.583 bits per heavy atom. The van der Waals surface area contributed by atoms with E-state index in [4.69, 9.17) is 23.7 Å². The van der Waals surface area contributed by atoms with Crippen LogP contribution in [0.4, 0.5) is 0 Å². The van der Waals surface area contributed by atoms with Crippen molar-refractivity contribution in [3.05, 3.63) is 0 Å². The largest absolute Gasteiger partial charge is 0.378 e. The van der Waals surface area contributed by atoms with E-state index in [2.05, 4.69) is 13.8 Å². The van der Waals surface area contributed by atoms with Crippen molar-refractivity contribution in [3.63, 3.8) is 0 Å². The molecule has 3 aliphatic rings. The van der Waals surface area contributed by atoms with Crippen LogP contribution in [0, 0.1) is 17.8 Å². The minimum absolute atomic E-state index is 0.0835. The van der Waals surface area contributed by atoms with Gasteiger partial charge in [-0.3, -0.25) is 0 Å². The van der Waals surface area contributed by atoms with Crippen LogP contribution in [0.2, 0.25) is 0 Å². The van der Waals surface area contributed by atoms with Gasteiger partial charge in [0.05, 0.1) is 32.5 Å². The molecule has 0 aromatic rings. The number of hydrogen-bond acceptors (Lipinski definition) is 5. The summed E-state index contributed by atoms with van der Waals surface area (Å²) >= 11 is 0. The van der Waals surface area contributed by atoms with Crippen molar-refractivity contribution in [1.82, 2.24) is 0 Å². The maximum atomic E-state index is 5.90. The van der Waals surface area contributed by atoms with Crippen LogP contribution < -0.4 is 0 Å². The van der Waals surface area contributed by atoms with Crippen LogP contribution in [0.1, 0.15) is 52.4 Å². The van der Waals surface area contributed by atoms with E-state index in [1.807, 2.05) is 0 Å². The van der Waals surface area contributed by atoms with E-state index < -0.39 is 0 Å². The Morgan fingerprint density at radius 2 is 1.12 bits per heavy atom. The fraction of sp³-hybridized carbons (Fsp3) is 1.00. The van der Waals surface area contributed by atoms with Gasteiger partial charge in [0.15, 0.2) is 12.6 Å². The van der Waals surface area contributed by atoms with Crippen molar-refractivity contribution < 1.29 is 23.7 Å². The Balaban J connectivity index is 1.24. The van der Waals surface area contributed by atoms with Crippen molar-refractivity contribution in [2.45, 2.75) is 71.1 Å². The van der Waals surface area contributed by atoms with Gasteiger partial charge in [-0.05, 0) is 38.5 Å². The minimum atomic E-state index is -0.0911. The quantitative estimate of drug-likeness (QED) is 0.741. The van der Waals surface area contributed by atoms with E-state index in [0.29, 0.717) is 17.9 Å². The van der Waals surface area contributed by atoms with Crippen molar-refractivity contribution >= 4 is 0 Å². The van der Waals surface area contributed by atoms with E-state index in [-0.39, 0.29) is 12.6 Å². The maximum Gasteiger partial charge on any atom is 0.157 e. The highest BCUT2D eigenvalue weighted by Gasteiger charge is 2.26. The molecule has 0 radical (unpaired) electrons. The van der Waals surface area contributed by atoms with Crippen LogP contribution in [0.25, 0.3) is 0 Å². The molecular formula is C19H34O5. The Labute approximate surface area is 146 Å². The van der Waals surface area contributed by atoms with E-state index in [0.717, 1.165) is 51.8 Å². The molecule has 5 heteroatoms. The fourth-order valence-electron chi connectivity index (χ4n) is 3.63. The zero-order valence-electron chi connectivity index (χ0n) is 15.3. The molecule has 140 valence electrons. The number of rotatable bonds is 6. The molecule has 3 heterocycles. The summed E-state index contributed by atoms with van der Waals surface area (Å²) in [7, 11) is 0. The molecule has 3 fully saturated rings. The summed E-state index contributed by atoms with van der Waals surface area (Å²) in [4.78, 5) is 0. The van der Waals surface area contributed by atoms with Crippen LogP contribution in [0.3, 0.4) is 0 Å². The third-order valence-corrected chi connectivity index (χ3v) is 5.39. The summed E-state index contributed by atoms with van der Waals surface area (Å²) in [6, 6.07) is 0. The number of hydrogen-bond donors (Lipinski definition) is 0.